The number of halogens is 1. The van der Waals surface area contributed by atoms with Crippen LogP contribution in [0.15, 0.2) is 65.7 Å². The van der Waals surface area contributed by atoms with Crippen LogP contribution in [-0.2, 0) is 4.79 Å². The van der Waals surface area contributed by atoms with Crippen molar-refractivity contribution >= 4 is 45.7 Å². The first kappa shape index (κ1) is 40.5. The molecule has 3 N–H and O–H groups in total. The average Bonchev–Trinajstić information content (AvgIpc) is 3.22. The number of ether oxygens (including phenoxy) is 1. The second-order valence-electron chi connectivity index (χ2n) is 17.7. The van der Waals surface area contributed by atoms with Crippen molar-refractivity contribution in [1.29, 1.82) is 5.26 Å². The van der Waals surface area contributed by atoms with Crippen LogP contribution in [0, 0.1) is 28.1 Å². The molecule has 1 saturated carbocycles. The maximum absolute atomic E-state index is 13.5. The van der Waals surface area contributed by atoms with Gasteiger partial charge < -0.3 is 30.3 Å². The Balaban J connectivity index is 0.792. The number of amides is 2. The van der Waals surface area contributed by atoms with Crippen LogP contribution in [0.5, 0.6) is 5.75 Å². The number of piperazine rings is 1. The Morgan fingerprint density at radius 2 is 1.69 bits per heavy atom. The van der Waals surface area contributed by atoms with Crippen molar-refractivity contribution in [1.82, 2.24) is 30.3 Å². The number of hydrogen-bond acceptors (Lipinski definition) is 11. The molecule has 4 fully saturated rings. The lowest BCUT2D eigenvalue weighted by Gasteiger charge is -2.63. The number of benzene rings is 2. The normalized spacial score (nSPS) is 24.5. The summed E-state index contributed by atoms with van der Waals surface area (Å²) in [4.78, 5) is 51.1. The van der Waals surface area contributed by atoms with Crippen molar-refractivity contribution in [3.63, 3.8) is 0 Å². The summed E-state index contributed by atoms with van der Waals surface area (Å²) in [7, 11) is 0. The minimum absolute atomic E-state index is 0.141. The molecule has 0 radical (unpaired) electrons. The zero-order valence-corrected chi connectivity index (χ0v) is 34.8. The number of aliphatic hydroxyl groups is 1. The Labute approximate surface area is 349 Å². The summed E-state index contributed by atoms with van der Waals surface area (Å²) >= 11 is 6.25. The lowest BCUT2D eigenvalue weighted by Crippen LogP contribution is -2.74. The zero-order chi connectivity index (χ0) is 41.6. The number of carbonyl (C=O) groups excluding carboxylic acids is 2. The fourth-order valence-electron chi connectivity index (χ4n) is 10.00. The summed E-state index contributed by atoms with van der Waals surface area (Å²) in [6, 6.07) is 15.9. The average molecular weight is 822 g/mol. The van der Waals surface area contributed by atoms with Crippen LogP contribution >= 0.6 is 11.6 Å². The van der Waals surface area contributed by atoms with Crippen molar-refractivity contribution < 1.29 is 19.4 Å². The highest BCUT2D eigenvalue weighted by molar-refractivity contribution is 6.31. The predicted molar refractivity (Wildman–Crippen MR) is 226 cm³/mol. The number of aliphatic hydroxyl groups excluding tert-OH is 1. The number of anilines is 2. The second-order valence-corrected chi connectivity index (χ2v) is 18.1. The number of pyridine rings is 1. The number of rotatable bonds is 9. The minimum Gasteiger partial charge on any atom is -0.489 e. The smallest absolute Gasteiger partial charge is 0.275 e. The molecule has 59 heavy (non-hydrogen) atoms. The first-order valence-corrected chi connectivity index (χ1v) is 21.0. The maximum Gasteiger partial charge on any atom is 0.275 e. The topological polar surface area (TPSA) is 169 Å². The van der Waals surface area contributed by atoms with E-state index in [2.05, 4.69) is 64.2 Å². The Kier molecular flexibility index (Phi) is 11.1. The molecule has 14 nitrogen and oxygen atoms in total. The fraction of sp³-hybridized carbons (Fsp3) is 0.500. The highest BCUT2D eigenvalue weighted by Crippen LogP contribution is 2.55. The molecular formula is C44H52ClN9O5. The van der Waals surface area contributed by atoms with Gasteiger partial charge in [-0.25, -0.2) is 9.67 Å². The first-order valence-electron chi connectivity index (χ1n) is 20.6. The summed E-state index contributed by atoms with van der Waals surface area (Å²) < 4.78 is 7.62. The summed E-state index contributed by atoms with van der Waals surface area (Å²) in [5.41, 5.74) is 0.953. The lowest BCUT2D eigenvalue weighted by molar-refractivity contribution is -0.164. The Morgan fingerprint density at radius 3 is 2.36 bits per heavy atom. The molecule has 4 aliphatic rings. The van der Waals surface area contributed by atoms with E-state index in [1.54, 1.807) is 30.6 Å². The van der Waals surface area contributed by atoms with Gasteiger partial charge in [0.05, 0.1) is 27.7 Å². The molecular weight excluding hydrogens is 770 g/mol. The molecule has 8 rings (SSSR count). The van der Waals surface area contributed by atoms with Gasteiger partial charge in [-0.2, -0.15) is 10.4 Å². The molecule has 0 spiro atoms. The summed E-state index contributed by atoms with van der Waals surface area (Å²) in [5.74, 6) is 1.53. The zero-order valence-electron chi connectivity index (χ0n) is 34.0. The van der Waals surface area contributed by atoms with Crippen LogP contribution in [0.25, 0.3) is 10.8 Å². The van der Waals surface area contributed by atoms with Crippen LogP contribution in [0.3, 0.4) is 0 Å². The minimum atomic E-state index is -0.885. The number of hydrogen-bond donors (Lipinski definition) is 3. The Bertz CT molecular complexity index is 2310. The van der Waals surface area contributed by atoms with Crippen LogP contribution < -0.4 is 30.7 Å². The van der Waals surface area contributed by atoms with Gasteiger partial charge >= 0.3 is 0 Å². The molecule has 2 aromatic carbocycles. The van der Waals surface area contributed by atoms with Crippen LogP contribution in [0.1, 0.15) is 75.3 Å². The molecule has 0 bridgehead atoms. The molecule has 2 unspecified atom stereocenters. The molecule has 15 heteroatoms. The third kappa shape index (κ3) is 7.95. The SMILES string of the molecule is CC1(C)C(NC(=O)c2ccc(N3CCC(CN4CCN(c5ccc6c(=O)n(C7CCC(O)NC7=O)ncc6c5)CC4)CC3)nc2)C(C)(C)C1Oc1ccc(C#N)c(Cl)c1. The second kappa shape index (κ2) is 16.1. The molecule has 2 atom stereocenters. The van der Waals surface area contributed by atoms with E-state index in [1.165, 1.54) is 4.68 Å². The molecule has 2 amide bonds. The highest BCUT2D eigenvalue weighted by atomic mass is 35.5. The van der Waals surface area contributed by atoms with Gasteiger partial charge in [0.1, 0.15) is 36.0 Å². The van der Waals surface area contributed by atoms with Gasteiger partial charge in [-0.15, -0.1) is 0 Å². The summed E-state index contributed by atoms with van der Waals surface area (Å²) in [5, 5.41) is 30.7. The number of nitriles is 1. The molecule has 3 saturated heterocycles. The van der Waals surface area contributed by atoms with Gasteiger partial charge in [0, 0.05) is 86.0 Å². The van der Waals surface area contributed by atoms with E-state index >= 15 is 0 Å². The van der Waals surface area contributed by atoms with E-state index in [4.69, 9.17) is 21.3 Å². The number of nitrogens with zero attached hydrogens (tertiary/aromatic N) is 7. The van der Waals surface area contributed by atoms with Crippen LogP contribution in [0.4, 0.5) is 11.5 Å². The predicted octanol–water partition coefficient (Wildman–Crippen LogP) is 4.74. The monoisotopic (exact) mass is 821 g/mol. The quantitative estimate of drug-likeness (QED) is 0.213. The van der Waals surface area contributed by atoms with Crippen LogP contribution in [-0.4, -0.2) is 101 Å². The van der Waals surface area contributed by atoms with E-state index in [0.717, 1.165) is 75.5 Å². The van der Waals surface area contributed by atoms with E-state index < -0.39 is 18.2 Å². The van der Waals surface area contributed by atoms with E-state index in [9.17, 15) is 24.8 Å². The van der Waals surface area contributed by atoms with Crippen LogP contribution in [0.2, 0.25) is 5.02 Å². The molecule has 2 aromatic heterocycles. The van der Waals surface area contributed by atoms with E-state index in [0.29, 0.717) is 46.0 Å². The van der Waals surface area contributed by atoms with E-state index in [-0.39, 0.29) is 34.4 Å². The molecule has 310 valence electrons. The maximum atomic E-state index is 13.5. The summed E-state index contributed by atoms with van der Waals surface area (Å²) in [6.45, 7) is 14.9. The number of piperidine rings is 2. The Hall–Kier alpha value is -5.23. The molecule has 5 heterocycles. The standard InChI is InChI=1S/C44H52ClN9O5/c1-43(2)41(44(3,4)42(43)59-32-8-5-28(23-46)34(45)22-32)50-38(56)29-6-11-36(47-24-29)53-15-13-27(14-16-53)26-51-17-19-52(20-18-51)31-7-9-33-30(21-31)25-48-54(40(33)58)35-10-12-37(55)49-39(35)57/h5-9,11,21-22,24-25,27,35,37,41-42,55H,10,12-20,26H2,1-4H3,(H,49,57)(H,50,56). The van der Waals surface area contributed by atoms with Gasteiger partial charge in [0.2, 0.25) is 5.91 Å². The molecule has 1 aliphatic carbocycles. The van der Waals surface area contributed by atoms with Gasteiger partial charge in [0.25, 0.3) is 11.5 Å². The lowest BCUT2D eigenvalue weighted by atomic mass is 9.49. The summed E-state index contributed by atoms with van der Waals surface area (Å²) in [6.07, 6.45) is 5.15. The van der Waals surface area contributed by atoms with Crippen molar-refractivity contribution in [2.24, 2.45) is 16.7 Å². The van der Waals surface area contributed by atoms with Gasteiger partial charge in [-0.1, -0.05) is 39.3 Å². The van der Waals surface area contributed by atoms with Gasteiger partial charge in [-0.05, 0) is 74.1 Å². The van der Waals surface area contributed by atoms with Crippen molar-refractivity contribution in [3.8, 4) is 11.8 Å². The number of nitrogens with one attached hydrogen (secondary N) is 2. The van der Waals surface area contributed by atoms with Crippen molar-refractivity contribution in [2.45, 2.75) is 77.8 Å². The van der Waals surface area contributed by atoms with Crippen molar-refractivity contribution in [3.05, 3.63) is 87.4 Å². The molecule has 4 aromatic rings. The van der Waals surface area contributed by atoms with Gasteiger partial charge in [-0.3, -0.25) is 19.3 Å². The Morgan fingerprint density at radius 1 is 0.949 bits per heavy atom. The number of fused-ring (bicyclic) bond motifs is 1. The van der Waals surface area contributed by atoms with Gasteiger partial charge in [0.15, 0.2) is 0 Å². The first-order chi connectivity index (χ1) is 28.2. The fourth-order valence-corrected chi connectivity index (χ4v) is 10.2. The number of aromatic nitrogens is 3. The molecule has 3 aliphatic heterocycles. The van der Waals surface area contributed by atoms with Crippen molar-refractivity contribution in [2.75, 3.05) is 55.6 Å². The highest BCUT2D eigenvalue weighted by Gasteiger charge is 2.64. The van der Waals surface area contributed by atoms with E-state index in [1.807, 2.05) is 30.3 Å². The largest absolute Gasteiger partial charge is 0.489 e. The third-order valence-electron chi connectivity index (χ3n) is 13.0. The number of carbonyl (C=O) groups is 2. The third-order valence-corrected chi connectivity index (χ3v) is 13.4.